The number of hydrogen-bond donors (Lipinski definition) is 1. The lowest BCUT2D eigenvalue weighted by molar-refractivity contribution is 0.475. The first-order chi connectivity index (χ1) is 6.58. The Bertz CT molecular complexity index is 407. The van der Waals surface area contributed by atoms with E-state index in [9.17, 15) is 4.79 Å². The molecule has 1 N–H and O–H groups in total. The van der Waals surface area contributed by atoms with E-state index in [1.165, 1.54) is 6.20 Å². The van der Waals surface area contributed by atoms with Gasteiger partial charge in [0.1, 0.15) is 0 Å². The van der Waals surface area contributed by atoms with E-state index in [0.29, 0.717) is 10.9 Å². The average Bonchev–Trinajstić information content (AvgIpc) is 2.85. The summed E-state index contributed by atoms with van der Waals surface area (Å²) in [5, 5.41) is 6.63. The zero-order valence-electron chi connectivity index (χ0n) is 8.30. The molecule has 0 amide bonds. The lowest BCUT2D eigenvalue weighted by atomic mass is 9.86. The van der Waals surface area contributed by atoms with Gasteiger partial charge in [-0.2, -0.15) is 5.10 Å². The molecule has 14 heavy (non-hydrogen) atoms. The molecule has 0 aliphatic heterocycles. The fourth-order valence-corrected chi connectivity index (χ4v) is 2.41. The van der Waals surface area contributed by atoms with E-state index in [1.54, 1.807) is 0 Å². The third-order valence-corrected chi connectivity index (χ3v) is 3.49. The molecule has 0 unspecified atom stereocenters. The molecule has 0 atom stereocenters. The van der Waals surface area contributed by atoms with Crippen molar-refractivity contribution in [2.24, 2.45) is 5.92 Å². The highest BCUT2D eigenvalue weighted by molar-refractivity contribution is 6.31. The minimum Gasteiger partial charge on any atom is -0.268 e. The zero-order chi connectivity index (χ0) is 10.3. The van der Waals surface area contributed by atoms with Crippen LogP contribution < -0.4 is 5.56 Å². The van der Waals surface area contributed by atoms with Gasteiger partial charge in [-0.3, -0.25) is 4.79 Å². The summed E-state index contributed by atoms with van der Waals surface area (Å²) in [7, 11) is 0. The quantitative estimate of drug-likeness (QED) is 0.816. The molecule has 3 nitrogen and oxygen atoms in total. The smallest absolute Gasteiger partial charge is 0.268 e. The van der Waals surface area contributed by atoms with Gasteiger partial charge in [-0.25, -0.2) is 5.10 Å². The fraction of sp³-hybridized carbons (Fsp3) is 0.600. The molecule has 1 saturated carbocycles. The third-order valence-electron chi connectivity index (χ3n) is 3.20. The molecule has 2 rings (SSSR count). The SMILES string of the molecule is CC(C)C1(c2c(Cl)cn[nH]c2=O)CC1. The maximum atomic E-state index is 11.6. The maximum Gasteiger partial charge on any atom is 0.269 e. The maximum absolute atomic E-state index is 11.6. The van der Waals surface area contributed by atoms with Gasteiger partial charge in [0, 0.05) is 11.0 Å². The molecule has 1 heterocycles. The van der Waals surface area contributed by atoms with Crippen molar-refractivity contribution in [1.29, 1.82) is 0 Å². The highest BCUT2D eigenvalue weighted by atomic mass is 35.5. The van der Waals surface area contributed by atoms with Gasteiger partial charge in [0.05, 0.1) is 11.2 Å². The first-order valence-electron chi connectivity index (χ1n) is 4.81. The number of rotatable bonds is 2. The second-order valence-corrected chi connectivity index (χ2v) is 4.64. The largest absolute Gasteiger partial charge is 0.269 e. The minimum atomic E-state index is -0.135. The lowest BCUT2D eigenvalue weighted by Gasteiger charge is -2.19. The molecule has 1 aliphatic carbocycles. The van der Waals surface area contributed by atoms with Gasteiger partial charge in [0.15, 0.2) is 0 Å². The van der Waals surface area contributed by atoms with Crippen LogP contribution in [-0.2, 0) is 5.41 Å². The van der Waals surface area contributed by atoms with Gasteiger partial charge in [-0.05, 0) is 18.8 Å². The summed E-state index contributed by atoms with van der Waals surface area (Å²) < 4.78 is 0. The standard InChI is InChI=1S/C10H13ClN2O/c1-6(2)10(3-4-10)8-7(11)5-12-13-9(8)14/h5-6H,3-4H2,1-2H3,(H,13,14). The summed E-state index contributed by atoms with van der Waals surface area (Å²) in [6, 6.07) is 0. The van der Waals surface area contributed by atoms with Crippen LogP contribution in [0.15, 0.2) is 11.0 Å². The number of H-pyrrole nitrogens is 1. The van der Waals surface area contributed by atoms with Gasteiger partial charge < -0.3 is 0 Å². The average molecular weight is 213 g/mol. The molecule has 0 radical (unpaired) electrons. The van der Waals surface area contributed by atoms with E-state index < -0.39 is 0 Å². The zero-order valence-corrected chi connectivity index (χ0v) is 9.06. The highest BCUT2D eigenvalue weighted by Crippen LogP contribution is 2.54. The molecule has 1 aromatic rings. The summed E-state index contributed by atoms with van der Waals surface area (Å²) in [5.41, 5.74) is 0.598. The fourth-order valence-electron chi connectivity index (χ4n) is 2.09. The van der Waals surface area contributed by atoms with Crippen LogP contribution in [0.5, 0.6) is 0 Å². The molecule has 0 bridgehead atoms. The molecule has 1 aliphatic rings. The van der Waals surface area contributed by atoms with E-state index in [4.69, 9.17) is 11.6 Å². The van der Waals surface area contributed by atoms with E-state index in [0.717, 1.165) is 18.4 Å². The van der Waals surface area contributed by atoms with Crippen LogP contribution in [0.1, 0.15) is 32.3 Å². The van der Waals surface area contributed by atoms with Crippen LogP contribution in [0, 0.1) is 5.92 Å². The molecule has 1 aromatic heterocycles. The monoisotopic (exact) mass is 212 g/mol. The molecule has 4 heteroatoms. The minimum absolute atomic E-state index is 0.00755. The Balaban J connectivity index is 2.57. The predicted octanol–water partition coefficient (Wildman–Crippen LogP) is 2.11. The van der Waals surface area contributed by atoms with Crippen molar-refractivity contribution >= 4 is 11.6 Å². The Morgan fingerprint density at radius 3 is 2.64 bits per heavy atom. The van der Waals surface area contributed by atoms with Crippen molar-refractivity contribution in [3.8, 4) is 0 Å². The van der Waals surface area contributed by atoms with Crippen molar-refractivity contribution in [2.45, 2.75) is 32.1 Å². The van der Waals surface area contributed by atoms with Gasteiger partial charge in [-0.1, -0.05) is 25.4 Å². The van der Waals surface area contributed by atoms with Crippen LogP contribution >= 0.6 is 11.6 Å². The van der Waals surface area contributed by atoms with Gasteiger partial charge in [0.25, 0.3) is 5.56 Å². The van der Waals surface area contributed by atoms with Crippen LogP contribution in [0.4, 0.5) is 0 Å². The van der Waals surface area contributed by atoms with E-state index in [1.807, 2.05) is 0 Å². The summed E-state index contributed by atoms with van der Waals surface area (Å²) in [6.45, 7) is 4.26. The number of aromatic amines is 1. The predicted molar refractivity (Wildman–Crippen MR) is 55.6 cm³/mol. The third kappa shape index (κ3) is 1.27. The molecule has 0 aromatic carbocycles. The summed E-state index contributed by atoms with van der Waals surface area (Å²) in [5.74, 6) is 0.448. The van der Waals surface area contributed by atoms with E-state index >= 15 is 0 Å². The topological polar surface area (TPSA) is 45.8 Å². The second-order valence-electron chi connectivity index (χ2n) is 4.23. The molecule has 76 valence electrons. The molecule has 1 fully saturated rings. The number of nitrogens with zero attached hydrogens (tertiary/aromatic N) is 1. The summed E-state index contributed by atoms with van der Waals surface area (Å²) in [6.07, 6.45) is 3.62. The molecular weight excluding hydrogens is 200 g/mol. The van der Waals surface area contributed by atoms with Gasteiger partial charge >= 0.3 is 0 Å². The molecule has 0 saturated heterocycles. The van der Waals surface area contributed by atoms with Crippen molar-refractivity contribution in [2.75, 3.05) is 0 Å². The van der Waals surface area contributed by atoms with Crippen LogP contribution in [0.25, 0.3) is 0 Å². The first kappa shape index (κ1) is 9.71. The van der Waals surface area contributed by atoms with Crippen molar-refractivity contribution in [1.82, 2.24) is 10.2 Å². The Morgan fingerprint density at radius 1 is 1.57 bits per heavy atom. The number of aromatic nitrogens is 2. The van der Waals surface area contributed by atoms with Crippen LogP contribution in [-0.4, -0.2) is 10.2 Å². The Hall–Kier alpha value is -0.830. The van der Waals surface area contributed by atoms with Gasteiger partial charge in [0.2, 0.25) is 0 Å². The summed E-state index contributed by atoms with van der Waals surface area (Å²) in [4.78, 5) is 11.6. The van der Waals surface area contributed by atoms with Crippen LogP contribution in [0.3, 0.4) is 0 Å². The Labute approximate surface area is 87.5 Å². The normalized spacial score (nSPS) is 18.6. The lowest BCUT2D eigenvalue weighted by Crippen LogP contribution is -2.26. The van der Waals surface area contributed by atoms with Crippen molar-refractivity contribution < 1.29 is 0 Å². The number of nitrogens with one attached hydrogen (secondary N) is 1. The Morgan fingerprint density at radius 2 is 2.21 bits per heavy atom. The molecule has 0 spiro atoms. The summed E-state index contributed by atoms with van der Waals surface area (Å²) >= 11 is 6.02. The molecular formula is C10H13ClN2O. The van der Waals surface area contributed by atoms with Crippen molar-refractivity contribution in [3.05, 3.63) is 27.1 Å². The van der Waals surface area contributed by atoms with E-state index in [2.05, 4.69) is 24.0 Å². The number of hydrogen-bond acceptors (Lipinski definition) is 2. The Kier molecular flexibility index (Phi) is 2.14. The first-order valence-corrected chi connectivity index (χ1v) is 5.19. The van der Waals surface area contributed by atoms with Crippen molar-refractivity contribution in [3.63, 3.8) is 0 Å². The second kappa shape index (κ2) is 3.09. The van der Waals surface area contributed by atoms with Crippen LogP contribution in [0.2, 0.25) is 5.02 Å². The van der Waals surface area contributed by atoms with Gasteiger partial charge in [-0.15, -0.1) is 0 Å². The number of halogens is 1. The highest BCUT2D eigenvalue weighted by Gasteiger charge is 2.49. The van der Waals surface area contributed by atoms with E-state index in [-0.39, 0.29) is 11.0 Å².